The summed E-state index contributed by atoms with van der Waals surface area (Å²) in [6.07, 6.45) is 9.45. The highest BCUT2D eigenvalue weighted by Crippen LogP contribution is 2.19. The number of hydrogen-bond acceptors (Lipinski definition) is 3. The zero-order valence-corrected chi connectivity index (χ0v) is 16.4. The van der Waals surface area contributed by atoms with Crippen LogP contribution in [0.5, 0.6) is 5.75 Å². The Morgan fingerprint density at radius 1 is 1.12 bits per heavy atom. The molecule has 0 saturated heterocycles. The summed E-state index contributed by atoms with van der Waals surface area (Å²) in [5.41, 5.74) is 0.845. The van der Waals surface area contributed by atoms with Crippen molar-refractivity contribution in [2.24, 2.45) is 0 Å². The Balaban J connectivity index is 2.16. The normalized spacial score (nSPS) is 12.3. The van der Waals surface area contributed by atoms with Crippen LogP contribution in [0.3, 0.4) is 0 Å². The highest BCUT2D eigenvalue weighted by atomic mass is 31.1. The molecule has 1 aromatic carbocycles. The highest BCUT2D eigenvalue weighted by molar-refractivity contribution is 7.37. The van der Waals surface area contributed by atoms with Gasteiger partial charge in [-0.2, -0.15) is 0 Å². The molecule has 0 aliphatic rings. The van der Waals surface area contributed by atoms with Crippen molar-refractivity contribution in [3.05, 3.63) is 29.6 Å². The number of halogens is 1. The Bertz CT molecular complexity index is 500. The highest BCUT2D eigenvalue weighted by Gasteiger charge is 2.05. The maximum atomic E-state index is 14.0. The van der Waals surface area contributed by atoms with E-state index in [4.69, 9.17) is 9.63 Å². The van der Waals surface area contributed by atoms with Crippen molar-refractivity contribution in [3.63, 3.8) is 0 Å². The molecule has 0 aliphatic heterocycles. The summed E-state index contributed by atoms with van der Waals surface area (Å²) in [7, 11) is -2.38. The third-order valence-corrected chi connectivity index (χ3v) is 4.86. The minimum absolute atomic E-state index is 0.314. The van der Waals surface area contributed by atoms with Crippen molar-refractivity contribution in [3.8, 4) is 5.75 Å². The van der Waals surface area contributed by atoms with Gasteiger partial charge in [0.2, 0.25) is 0 Å². The molecule has 0 saturated carbocycles. The fourth-order valence-corrected chi connectivity index (χ4v) is 3.09. The van der Waals surface area contributed by atoms with Gasteiger partial charge in [0, 0.05) is 12.7 Å². The van der Waals surface area contributed by atoms with E-state index >= 15 is 0 Å². The fourth-order valence-electron chi connectivity index (χ4n) is 2.61. The topological polar surface area (TPSA) is 58.6 Å². The number of nitrogens with one attached hydrogen (secondary N) is 1. The summed E-state index contributed by atoms with van der Waals surface area (Å²) in [6, 6.07) is 5.02. The van der Waals surface area contributed by atoms with Crippen LogP contribution in [-0.4, -0.2) is 24.2 Å². The van der Waals surface area contributed by atoms with E-state index in [9.17, 15) is 8.96 Å². The molecular weight excluding hydrogens is 340 g/mol. The maximum absolute atomic E-state index is 14.0. The lowest BCUT2D eigenvalue weighted by Crippen LogP contribution is -2.15. The van der Waals surface area contributed by atoms with Gasteiger partial charge in [-0.15, -0.1) is 0 Å². The van der Waals surface area contributed by atoms with Gasteiger partial charge in [-0.1, -0.05) is 51.5 Å². The molecule has 0 aromatic heterocycles. The van der Waals surface area contributed by atoms with Crippen molar-refractivity contribution in [1.29, 1.82) is 0 Å². The van der Waals surface area contributed by atoms with Gasteiger partial charge < -0.3 is 14.9 Å². The van der Waals surface area contributed by atoms with E-state index in [2.05, 4.69) is 12.2 Å². The van der Waals surface area contributed by atoms with Gasteiger partial charge >= 0.3 is 0 Å². The van der Waals surface area contributed by atoms with Gasteiger partial charge in [0.15, 0.2) is 19.6 Å². The van der Waals surface area contributed by atoms with Gasteiger partial charge in [-0.25, -0.2) is 4.39 Å². The third-order valence-electron chi connectivity index (χ3n) is 4.08. The summed E-state index contributed by atoms with van der Waals surface area (Å²) in [5, 5.41) is 3.14. The Kier molecular flexibility index (Phi) is 12.7. The quantitative estimate of drug-likeness (QED) is 0.339. The minimum atomic E-state index is -2.38. The largest absolute Gasteiger partial charge is 0.491 e. The molecule has 2 N–H and O–H groups in total. The molecule has 144 valence electrons. The second-order valence-electron chi connectivity index (χ2n) is 6.41. The number of unbranched alkanes of at least 4 members (excludes halogenated alkanes) is 6. The minimum Gasteiger partial charge on any atom is -0.491 e. The number of ether oxygens (including phenoxy) is 1. The maximum Gasteiger partial charge on any atom is 0.189 e. The van der Waals surface area contributed by atoms with Gasteiger partial charge in [0.25, 0.3) is 0 Å². The lowest BCUT2D eigenvalue weighted by atomic mass is 10.1. The SMILES string of the molecule is CCCCCCCCCOc1ccc(CNCCC[PH](=O)O)cc1F. The monoisotopic (exact) mass is 373 g/mol. The van der Waals surface area contributed by atoms with Gasteiger partial charge in [0.1, 0.15) is 0 Å². The fraction of sp³-hybridized carbons (Fsp3) is 0.684. The van der Waals surface area contributed by atoms with Crippen LogP contribution in [0.15, 0.2) is 18.2 Å². The van der Waals surface area contributed by atoms with Crippen molar-refractivity contribution in [2.75, 3.05) is 19.3 Å². The van der Waals surface area contributed by atoms with Crippen LogP contribution in [0.2, 0.25) is 0 Å². The first-order valence-electron chi connectivity index (χ1n) is 9.47. The second kappa shape index (κ2) is 14.3. The molecule has 0 spiro atoms. The summed E-state index contributed by atoms with van der Waals surface area (Å²) in [5.74, 6) is -0.0173. The van der Waals surface area contributed by atoms with Crippen molar-refractivity contribution in [1.82, 2.24) is 5.32 Å². The molecule has 1 atom stereocenters. The van der Waals surface area contributed by atoms with Crippen LogP contribution < -0.4 is 10.1 Å². The zero-order chi connectivity index (χ0) is 18.3. The van der Waals surface area contributed by atoms with Crippen molar-refractivity contribution < 1.29 is 18.6 Å². The number of benzene rings is 1. The molecule has 4 nitrogen and oxygen atoms in total. The molecule has 0 fully saturated rings. The molecule has 1 unspecified atom stereocenters. The molecule has 0 aliphatic carbocycles. The summed E-state index contributed by atoms with van der Waals surface area (Å²) >= 11 is 0. The lowest BCUT2D eigenvalue weighted by molar-refractivity contribution is 0.289. The van der Waals surface area contributed by atoms with Gasteiger partial charge in [-0.05, 0) is 37.1 Å². The Hall–Kier alpha value is -0.900. The summed E-state index contributed by atoms with van der Waals surface area (Å²) in [4.78, 5) is 8.74. The standard InChI is InChI=1S/C19H33FNO3P/c1-2-3-4-5-6-7-8-13-24-19-11-10-17(15-18(19)20)16-21-12-9-14-25(22)23/h10-11,15,21,25H,2-9,12-14,16H2,1H3,(H,22,23). The lowest BCUT2D eigenvalue weighted by Gasteiger charge is -2.09. The molecule has 6 heteroatoms. The smallest absolute Gasteiger partial charge is 0.189 e. The molecular formula is C19H33FNO3P. The molecule has 0 amide bonds. The Labute approximate surface area is 152 Å². The first-order valence-corrected chi connectivity index (χ1v) is 11.0. The van der Waals surface area contributed by atoms with E-state index in [0.29, 0.717) is 38.0 Å². The molecule has 0 radical (unpaired) electrons. The van der Waals surface area contributed by atoms with Gasteiger partial charge in [-0.3, -0.25) is 4.57 Å². The molecule has 25 heavy (non-hydrogen) atoms. The third kappa shape index (κ3) is 11.4. The van der Waals surface area contributed by atoms with Crippen molar-refractivity contribution in [2.45, 2.75) is 64.8 Å². The summed E-state index contributed by atoms with van der Waals surface area (Å²) < 4.78 is 30.2. The van der Waals surface area contributed by atoms with E-state index in [0.717, 1.165) is 18.4 Å². The molecule has 1 aromatic rings. The second-order valence-corrected chi connectivity index (χ2v) is 7.70. The van der Waals surface area contributed by atoms with E-state index < -0.39 is 8.03 Å². The van der Waals surface area contributed by atoms with Crippen LogP contribution in [-0.2, 0) is 11.1 Å². The van der Waals surface area contributed by atoms with Crippen LogP contribution in [0.25, 0.3) is 0 Å². The van der Waals surface area contributed by atoms with E-state index in [1.54, 1.807) is 6.07 Å². The van der Waals surface area contributed by atoms with Crippen molar-refractivity contribution >= 4 is 8.03 Å². The molecule has 1 rings (SSSR count). The van der Waals surface area contributed by atoms with Gasteiger partial charge in [0.05, 0.1) is 6.61 Å². The van der Waals surface area contributed by atoms with E-state index in [1.165, 1.54) is 38.2 Å². The summed E-state index contributed by atoms with van der Waals surface area (Å²) in [6.45, 7) is 3.96. The first kappa shape index (κ1) is 22.1. The van der Waals surface area contributed by atoms with Crippen LogP contribution >= 0.6 is 8.03 Å². The molecule has 0 bridgehead atoms. The van der Waals surface area contributed by atoms with Crippen LogP contribution in [0.4, 0.5) is 4.39 Å². The number of hydrogen-bond donors (Lipinski definition) is 2. The Morgan fingerprint density at radius 3 is 2.52 bits per heavy atom. The van der Waals surface area contributed by atoms with E-state index in [1.807, 2.05) is 6.07 Å². The van der Waals surface area contributed by atoms with Crippen LogP contribution in [0.1, 0.15) is 63.9 Å². The first-order chi connectivity index (χ1) is 12.1. The average Bonchev–Trinajstić information content (AvgIpc) is 2.58. The predicted molar refractivity (Wildman–Crippen MR) is 102 cm³/mol. The molecule has 0 heterocycles. The van der Waals surface area contributed by atoms with E-state index in [-0.39, 0.29) is 5.82 Å². The average molecular weight is 373 g/mol. The zero-order valence-electron chi connectivity index (χ0n) is 15.4. The van der Waals surface area contributed by atoms with Crippen LogP contribution in [0, 0.1) is 5.82 Å². The predicted octanol–water partition coefficient (Wildman–Crippen LogP) is 4.90. The number of rotatable bonds is 15. The Morgan fingerprint density at radius 2 is 1.84 bits per heavy atom.